The maximum absolute atomic E-state index is 11.6. The fraction of sp³-hybridized carbons (Fsp3) is 0.895. The number of carbonyl (C=O) groups is 2. The molecule has 0 rings (SSSR count). The highest BCUT2D eigenvalue weighted by Gasteiger charge is 2.31. The van der Waals surface area contributed by atoms with Crippen LogP contribution in [0.1, 0.15) is 85.0 Å². The molecule has 3 atom stereocenters. The van der Waals surface area contributed by atoms with Gasteiger partial charge in [0.15, 0.2) is 0 Å². The van der Waals surface area contributed by atoms with E-state index >= 15 is 0 Å². The highest BCUT2D eigenvalue weighted by Crippen LogP contribution is 2.25. The van der Waals surface area contributed by atoms with Crippen molar-refractivity contribution in [1.29, 1.82) is 0 Å². The molecule has 0 spiro atoms. The fourth-order valence-corrected chi connectivity index (χ4v) is 3.05. The Morgan fingerprint density at radius 1 is 0.957 bits per heavy atom. The van der Waals surface area contributed by atoms with E-state index in [9.17, 15) is 14.7 Å². The molecule has 4 nitrogen and oxygen atoms in total. The number of hydrogen-bond acceptors (Lipinski definition) is 3. The summed E-state index contributed by atoms with van der Waals surface area (Å²) in [6.45, 7) is 5.96. The van der Waals surface area contributed by atoms with Crippen molar-refractivity contribution in [3.05, 3.63) is 0 Å². The van der Waals surface area contributed by atoms with Crippen molar-refractivity contribution >= 4 is 11.9 Å². The smallest absolute Gasteiger partial charge is 0.309 e. The minimum absolute atomic E-state index is 0.322. The van der Waals surface area contributed by atoms with Crippen LogP contribution >= 0.6 is 0 Å². The van der Waals surface area contributed by atoms with E-state index in [2.05, 4.69) is 18.6 Å². The van der Waals surface area contributed by atoms with Crippen molar-refractivity contribution in [1.82, 2.24) is 0 Å². The van der Waals surface area contributed by atoms with E-state index in [-0.39, 0.29) is 0 Å². The molecule has 3 unspecified atom stereocenters. The van der Waals surface area contributed by atoms with E-state index in [1.54, 1.807) is 6.92 Å². The Morgan fingerprint density at radius 3 is 1.96 bits per heavy atom. The molecule has 0 radical (unpaired) electrons. The van der Waals surface area contributed by atoms with Crippen LogP contribution in [-0.2, 0) is 14.3 Å². The summed E-state index contributed by atoms with van der Waals surface area (Å²) in [5, 5.41) is 9.34. The third-order valence-corrected chi connectivity index (χ3v) is 4.70. The Hall–Kier alpha value is -1.06. The third-order valence-electron chi connectivity index (χ3n) is 4.70. The number of carboxylic acid groups (broad SMARTS) is 1. The summed E-state index contributed by atoms with van der Waals surface area (Å²) < 4.78 is 4.68. The summed E-state index contributed by atoms with van der Waals surface area (Å²) in [6.07, 6.45) is 11.8. The molecule has 136 valence electrons. The lowest BCUT2D eigenvalue weighted by molar-refractivity contribution is -0.155. The van der Waals surface area contributed by atoms with Gasteiger partial charge in [-0.15, -0.1) is 0 Å². The van der Waals surface area contributed by atoms with Crippen LogP contribution in [0, 0.1) is 17.8 Å². The Balaban J connectivity index is 3.94. The molecule has 0 aromatic rings. The van der Waals surface area contributed by atoms with Crippen LogP contribution in [0.4, 0.5) is 0 Å². The van der Waals surface area contributed by atoms with Gasteiger partial charge in [0.1, 0.15) is 0 Å². The normalized spacial score (nSPS) is 15.0. The van der Waals surface area contributed by atoms with Crippen LogP contribution in [0.3, 0.4) is 0 Å². The number of aliphatic carboxylic acids is 1. The lowest BCUT2D eigenvalue weighted by Crippen LogP contribution is -2.30. The van der Waals surface area contributed by atoms with Crippen molar-refractivity contribution < 1.29 is 19.4 Å². The molecule has 23 heavy (non-hydrogen) atoms. The zero-order valence-corrected chi connectivity index (χ0v) is 15.5. The van der Waals surface area contributed by atoms with Crippen LogP contribution in [0.2, 0.25) is 0 Å². The van der Waals surface area contributed by atoms with Crippen LogP contribution in [-0.4, -0.2) is 24.2 Å². The molecular weight excluding hydrogens is 292 g/mol. The molecule has 0 aliphatic rings. The summed E-state index contributed by atoms with van der Waals surface area (Å²) in [5.74, 6) is -2.24. The number of esters is 1. The molecule has 0 amide bonds. The van der Waals surface area contributed by atoms with Gasteiger partial charge in [0.25, 0.3) is 0 Å². The third kappa shape index (κ3) is 10.4. The molecule has 0 bridgehead atoms. The van der Waals surface area contributed by atoms with E-state index in [1.165, 1.54) is 52.1 Å². The van der Waals surface area contributed by atoms with Gasteiger partial charge in [0, 0.05) is 0 Å². The van der Waals surface area contributed by atoms with Gasteiger partial charge in [0.05, 0.1) is 18.9 Å². The zero-order chi connectivity index (χ0) is 17.7. The first-order valence-electron chi connectivity index (χ1n) is 9.24. The lowest BCUT2D eigenvalue weighted by atomic mass is 9.84. The van der Waals surface area contributed by atoms with E-state index in [1.807, 2.05) is 0 Å². The predicted octanol–water partition coefficient (Wildman–Crippen LogP) is 5.05. The topological polar surface area (TPSA) is 63.6 Å². The van der Waals surface area contributed by atoms with Crippen molar-refractivity contribution in [3.8, 4) is 0 Å². The molecule has 4 heteroatoms. The number of methoxy groups -OCH3 is 1. The zero-order valence-electron chi connectivity index (χ0n) is 15.5. The minimum atomic E-state index is -0.898. The quantitative estimate of drug-likeness (QED) is 0.358. The summed E-state index contributed by atoms with van der Waals surface area (Å²) in [6, 6.07) is 0. The number of unbranched alkanes of at least 4 members (excludes halogenated alkanes) is 7. The second-order valence-electron chi connectivity index (χ2n) is 6.86. The molecule has 0 aliphatic carbocycles. The summed E-state index contributed by atoms with van der Waals surface area (Å²) in [4.78, 5) is 23.0. The Morgan fingerprint density at radius 2 is 1.48 bits per heavy atom. The first-order valence-corrected chi connectivity index (χ1v) is 9.24. The first-order chi connectivity index (χ1) is 10.9. The van der Waals surface area contributed by atoms with Gasteiger partial charge in [-0.2, -0.15) is 0 Å². The molecule has 0 aromatic carbocycles. The molecule has 0 saturated carbocycles. The number of ether oxygens (including phenoxy) is 1. The van der Waals surface area contributed by atoms with Gasteiger partial charge < -0.3 is 9.84 Å². The highest BCUT2D eigenvalue weighted by atomic mass is 16.5. The standard InChI is InChI=1S/C19H36O4/c1-5-6-7-8-9-10-11-12-13-15(2)14-17(18(20)21)16(3)19(22)23-4/h15-17H,5-14H2,1-4H3,(H,20,21). The average Bonchev–Trinajstić information content (AvgIpc) is 2.53. The number of carbonyl (C=O) groups excluding carboxylic acids is 1. The number of hydrogen-bond donors (Lipinski definition) is 1. The maximum Gasteiger partial charge on any atom is 0.309 e. The highest BCUT2D eigenvalue weighted by molar-refractivity contribution is 5.80. The summed E-state index contributed by atoms with van der Waals surface area (Å²) >= 11 is 0. The van der Waals surface area contributed by atoms with Gasteiger partial charge in [-0.3, -0.25) is 9.59 Å². The molecule has 0 fully saturated rings. The second-order valence-corrected chi connectivity index (χ2v) is 6.86. The monoisotopic (exact) mass is 328 g/mol. The van der Waals surface area contributed by atoms with Crippen LogP contribution in [0.15, 0.2) is 0 Å². The molecule has 0 heterocycles. The molecule has 0 saturated heterocycles. The molecule has 0 aromatic heterocycles. The summed E-state index contributed by atoms with van der Waals surface area (Å²) in [7, 11) is 1.31. The van der Waals surface area contributed by atoms with Gasteiger partial charge in [-0.1, -0.05) is 78.6 Å². The Bertz CT molecular complexity index is 327. The predicted molar refractivity (Wildman–Crippen MR) is 93.3 cm³/mol. The van der Waals surface area contributed by atoms with Gasteiger partial charge in [-0.25, -0.2) is 0 Å². The Labute approximate surface area is 142 Å². The number of carboxylic acids is 1. The van der Waals surface area contributed by atoms with Crippen molar-refractivity contribution in [2.75, 3.05) is 7.11 Å². The van der Waals surface area contributed by atoms with Crippen molar-refractivity contribution in [2.45, 2.75) is 85.0 Å². The fourth-order valence-electron chi connectivity index (χ4n) is 3.05. The molecule has 1 N–H and O–H groups in total. The van der Waals surface area contributed by atoms with Crippen LogP contribution in [0.5, 0.6) is 0 Å². The largest absolute Gasteiger partial charge is 0.481 e. The SMILES string of the molecule is CCCCCCCCCCC(C)CC(C(=O)O)C(C)C(=O)OC. The Kier molecular flexibility index (Phi) is 12.8. The van der Waals surface area contributed by atoms with Crippen molar-refractivity contribution in [2.24, 2.45) is 17.8 Å². The lowest BCUT2D eigenvalue weighted by Gasteiger charge is -2.21. The van der Waals surface area contributed by atoms with Gasteiger partial charge in [0.2, 0.25) is 0 Å². The second kappa shape index (κ2) is 13.4. The van der Waals surface area contributed by atoms with Crippen molar-refractivity contribution in [3.63, 3.8) is 0 Å². The van der Waals surface area contributed by atoms with E-state index < -0.39 is 23.8 Å². The first kappa shape index (κ1) is 21.9. The average molecular weight is 328 g/mol. The van der Waals surface area contributed by atoms with Gasteiger partial charge >= 0.3 is 11.9 Å². The van der Waals surface area contributed by atoms with E-state index in [0.717, 1.165) is 12.8 Å². The van der Waals surface area contributed by atoms with E-state index in [4.69, 9.17) is 0 Å². The number of rotatable bonds is 14. The van der Waals surface area contributed by atoms with Crippen LogP contribution < -0.4 is 0 Å². The minimum Gasteiger partial charge on any atom is -0.481 e. The molecular formula is C19H36O4. The van der Waals surface area contributed by atoms with E-state index in [0.29, 0.717) is 12.3 Å². The van der Waals surface area contributed by atoms with Crippen LogP contribution in [0.25, 0.3) is 0 Å². The van der Waals surface area contributed by atoms with Gasteiger partial charge in [-0.05, 0) is 12.3 Å². The molecule has 0 aliphatic heterocycles. The maximum atomic E-state index is 11.6. The summed E-state index contributed by atoms with van der Waals surface area (Å²) in [5.41, 5.74) is 0.